The number of carbonyl (C=O) groups is 2. The highest BCUT2D eigenvalue weighted by molar-refractivity contribution is 6.30. The van der Waals surface area contributed by atoms with Crippen LogP contribution in [0.15, 0.2) is 53.3 Å². The molecule has 0 atom stereocenters. The fourth-order valence-electron chi connectivity index (χ4n) is 2.91. The first-order valence-electron chi connectivity index (χ1n) is 9.37. The third kappa shape index (κ3) is 4.81. The number of nitrogens with zero attached hydrogens (tertiary/aromatic N) is 2. The molecular formula is C21H21ClN4O3. The molecule has 0 unspecified atom stereocenters. The van der Waals surface area contributed by atoms with Crippen LogP contribution in [0, 0.1) is 0 Å². The fourth-order valence-corrected chi connectivity index (χ4v) is 3.04. The van der Waals surface area contributed by atoms with Crippen LogP contribution in [-0.4, -0.2) is 21.6 Å². The first-order valence-corrected chi connectivity index (χ1v) is 9.75. The van der Waals surface area contributed by atoms with Crippen LogP contribution in [0.2, 0.25) is 5.02 Å². The maximum absolute atomic E-state index is 12.7. The number of amides is 2. The molecule has 8 heteroatoms. The molecule has 0 saturated carbocycles. The van der Waals surface area contributed by atoms with Crippen molar-refractivity contribution < 1.29 is 9.59 Å². The minimum atomic E-state index is -0.604. The Morgan fingerprint density at radius 3 is 2.31 bits per heavy atom. The Morgan fingerprint density at radius 2 is 1.62 bits per heavy atom. The molecule has 0 aliphatic carbocycles. The maximum Gasteiger partial charge on any atom is 0.290 e. The monoisotopic (exact) mass is 412 g/mol. The van der Waals surface area contributed by atoms with Crippen LogP contribution in [0.25, 0.3) is 10.8 Å². The van der Waals surface area contributed by atoms with Gasteiger partial charge in [-0.25, -0.2) is 4.68 Å². The standard InChI is InChI=1S/C21H21ClN4O3/c1-2-3-6-13-26-21(29)17-8-5-4-7-16(17)18(25-26)20(28)24-23-19(27)14-9-11-15(22)12-10-14/h4-5,7-12H,2-3,6,13H2,1H3,(H,23,27)(H,24,28). The summed E-state index contributed by atoms with van der Waals surface area (Å²) in [5.41, 5.74) is 4.91. The first-order chi connectivity index (χ1) is 14.0. The van der Waals surface area contributed by atoms with Crippen molar-refractivity contribution in [2.24, 2.45) is 0 Å². The highest BCUT2D eigenvalue weighted by Crippen LogP contribution is 2.14. The number of unbranched alkanes of at least 4 members (excludes halogenated alkanes) is 2. The number of carbonyl (C=O) groups excluding carboxylic acids is 2. The average molecular weight is 413 g/mol. The van der Waals surface area contributed by atoms with Crippen LogP contribution in [0.3, 0.4) is 0 Å². The van der Waals surface area contributed by atoms with Crippen molar-refractivity contribution in [2.45, 2.75) is 32.7 Å². The van der Waals surface area contributed by atoms with E-state index in [9.17, 15) is 14.4 Å². The topological polar surface area (TPSA) is 93.1 Å². The van der Waals surface area contributed by atoms with Crippen LogP contribution < -0.4 is 16.4 Å². The minimum Gasteiger partial charge on any atom is -0.267 e. The van der Waals surface area contributed by atoms with E-state index >= 15 is 0 Å². The van der Waals surface area contributed by atoms with Gasteiger partial charge in [0.25, 0.3) is 17.4 Å². The van der Waals surface area contributed by atoms with Gasteiger partial charge in [0.15, 0.2) is 5.69 Å². The second-order valence-electron chi connectivity index (χ2n) is 6.54. The maximum atomic E-state index is 12.7. The number of aryl methyl sites for hydroxylation is 1. The number of fused-ring (bicyclic) bond motifs is 1. The molecule has 2 N–H and O–H groups in total. The highest BCUT2D eigenvalue weighted by atomic mass is 35.5. The molecular weight excluding hydrogens is 392 g/mol. The smallest absolute Gasteiger partial charge is 0.267 e. The van der Waals surface area contributed by atoms with Gasteiger partial charge in [-0.3, -0.25) is 25.2 Å². The Bertz CT molecular complexity index is 1090. The van der Waals surface area contributed by atoms with Gasteiger partial charge in [-0.15, -0.1) is 0 Å². The van der Waals surface area contributed by atoms with Crippen LogP contribution in [-0.2, 0) is 6.54 Å². The lowest BCUT2D eigenvalue weighted by Crippen LogP contribution is -2.42. The largest absolute Gasteiger partial charge is 0.290 e. The zero-order chi connectivity index (χ0) is 20.8. The quantitative estimate of drug-likeness (QED) is 0.479. The number of hydrazine groups is 1. The normalized spacial score (nSPS) is 10.7. The Balaban J connectivity index is 1.84. The summed E-state index contributed by atoms with van der Waals surface area (Å²) >= 11 is 5.81. The van der Waals surface area contributed by atoms with Gasteiger partial charge in [-0.2, -0.15) is 5.10 Å². The van der Waals surface area contributed by atoms with Crippen molar-refractivity contribution in [3.8, 4) is 0 Å². The summed E-state index contributed by atoms with van der Waals surface area (Å²) in [6.45, 7) is 2.49. The SMILES string of the molecule is CCCCCn1nc(C(=O)NNC(=O)c2ccc(Cl)cc2)c2ccccc2c1=O. The molecule has 0 aliphatic rings. The minimum absolute atomic E-state index is 0.0769. The second kappa shape index (κ2) is 9.34. The van der Waals surface area contributed by atoms with Crippen LogP contribution in [0.4, 0.5) is 0 Å². The van der Waals surface area contributed by atoms with E-state index in [0.29, 0.717) is 27.9 Å². The van der Waals surface area contributed by atoms with Crippen molar-refractivity contribution in [2.75, 3.05) is 0 Å². The molecule has 150 valence electrons. The number of nitrogens with one attached hydrogen (secondary N) is 2. The zero-order valence-electron chi connectivity index (χ0n) is 15.9. The summed E-state index contributed by atoms with van der Waals surface area (Å²) in [6.07, 6.45) is 2.75. The molecule has 0 radical (unpaired) electrons. The van der Waals surface area contributed by atoms with Crippen molar-refractivity contribution in [3.63, 3.8) is 0 Å². The van der Waals surface area contributed by atoms with Crippen molar-refractivity contribution >= 4 is 34.2 Å². The number of hydrogen-bond acceptors (Lipinski definition) is 4. The molecule has 0 saturated heterocycles. The molecule has 2 amide bonds. The molecule has 7 nitrogen and oxygen atoms in total. The van der Waals surface area contributed by atoms with Gasteiger partial charge >= 0.3 is 0 Å². The average Bonchev–Trinajstić information content (AvgIpc) is 2.74. The van der Waals surface area contributed by atoms with E-state index < -0.39 is 11.8 Å². The van der Waals surface area contributed by atoms with Gasteiger partial charge < -0.3 is 0 Å². The fraction of sp³-hybridized carbons (Fsp3) is 0.238. The molecule has 0 aliphatic heterocycles. The third-order valence-corrected chi connectivity index (χ3v) is 4.70. The van der Waals surface area contributed by atoms with Gasteiger partial charge in [0, 0.05) is 22.5 Å². The molecule has 0 bridgehead atoms. The molecule has 3 aromatic rings. The molecule has 1 aromatic heterocycles. The van der Waals surface area contributed by atoms with E-state index in [-0.39, 0.29) is 11.3 Å². The predicted octanol–water partition coefficient (Wildman–Crippen LogP) is 3.31. The second-order valence-corrected chi connectivity index (χ2v) is 6.98. The van der Waals surface area contributed by atoms with E-state index in [2.05, 4.69) is 22.9 Å². The molecule has 0 spiro atoms. The number of hydrogen-bond donors (Lipinski definition) is 2. The van der Waals surface area contributed by atoms with Gasteiger partial charge in [-0.05, 0) is 36.8 Å². The van der Waals surface area contributed by atoms with E-state index in [0.717, 1.165) is 19.3 Å². The summed E-state index contributed by atoms with van der Waals surface area (Å²) in [4.78, 5) is 37.6. The van der Waals surface area contributed by atoms with Gasteiger partial charge in [-0.1, -0.05) is 49.6 Å². The van der Waals surface area contributed by atoms with Crippen LogP contribution in [0.5, 0.6) is 0 Å². The molecule has 2 aromatic carbocycles. The lowest BCUT2D eigenvalue weighted by Gasteiger charge is -2.12. The van der Waals surface area contributed by atoms with Crippen LogP contribution in [0.1, 0.15) is 47.0 Å². The van der Waals surface area contributed by atoms with Crippen molar-refractivity contribution in [1.82, 2.24) is 20.6 Å². The molecule has 0 fully saturated rings. The van der Waals surface area contributed by atoms with E-state index in [4.69, 9.17) is 11.6 Å². The number of aromatic nitrogens is 2. The Hall–Kier alpha value is -3.19. The Kier molecular flexibility index (Phi) is 6.61. The Morgan fingerprint density at radius 1 is 0.966 bits per heavy atom. The van der Waals surface area contributed by atoms with Gasteiger partial charge in [0.1, 0.15) is 0 Å². The lowest BCUT2D eigenvalue weighted by atomic mass is 10.1. The molecule has 1 heterocycles. The predicted molar refractivity (Wildman–Crippen MR) is 112 cm³/mol. The van der Waals surface area contributed by atoms with E-state index in [1.54, 1.807) is 48.5 Å². The molecule has 29 heavy (non-hydrogen) atoms. The number of rotatable bonds is 6. The molecule has 3 rings (SSSR count). The van der Waals surface area contributed by atoms with Gasteiger partial charge in [0.05, 0.1) is 5.39 Å². The number of halogens is 1. The summed E-state index contributed by atoms with van der Waals surface area (Å²) in [5.74, 6) is -1.09. The van der Waals surface area contributed by atoms with Crippen molar-refractivity contribution in [1.29, 1.82) is 0 Å². The summed E-state index contributed by atoms with van der Waals surface area (Å²) in [7, 11) is 0. The number of benzene rings is 2. The highest BCUT2D eigenvalue weighted by Gasteiger charge is 2.17. The van der Waals surface area contributed by atoms with E-state index in [1.807, 2.05) is 0 Å². The van der Waals surface area contributed by atoms with Gasteiger partial charge in [0.2, 0.25) is 0 Å². The summed E-state index contributed by atoms with van der Waals surface area (Å²) in [5, 5.41) is 5.61. The third-order valence-electron chi connectivity index (χ3n) is 4.45. The summed E-state index contributed by atoms with van der Waals surface area (Å²) < 4.78 is 1.31. The van der Waals surface area contributed by atoms with Crippen LogP contribution >= 0.6 is 11.6 Å². The lowest BCUT2D eigenvalue weighted by molar-refractivity contribution is 0.0843. The van der Waals surface area contributed by atoms with Crippen molar-refractivity contribution in [3.05, 3.63) is 75.2 Å². The first kappa shape index (κ1) is 20.5. The Labute approximate surface area is 172 Å². The van der Waals surface area contributed by atoms with E-state index in [1.165, 1.54) is 4.68 Å². The summed E-state index contributed by atoms with van der Waals surface area (Å²) in [6, 6.07) is 13.1. The zero-order valence-corrected chi connectivity index (χ0v) is 16.7.